The Morgan fingerprint density at radius 3 is 2.59 bits per heavy atom. The lowest BCUT2D eigenvalue weighted by atomic mass is 10.3. The Kier molecular flexibility index (Phi) is 4.32. The molecule has 0 aliphatic heterocycles. The summed E-state index contributed by atoms with van der Waals surface area (Å²) < 4.78 is 0. The minimum atomic E-state index is 0.581. The Labute approximate surface area is 115 Å². The molecule has 1 nitrogen and oxygen atoms in total. The van der Waals surface area contributed by atoms with E-state index in [4.69, 9.17) is 23.2 Å². The Morgan fingerprint density at radius 2 is 1.88 bits per heavy atom. The standard InChI is InChI=1S/C13H13Cl2NS/c1-2-9-6-7-10(17-9)8-16-12-5-3-4-11(14)13(12)15/h3-7,16H,2,8H2,1H3. The fraction of sp³-hybridized carbons (Fsp3) is 0.231. The van der Waals surface area contributed by atoms with Crippen LogP contribution in [0.3, 0.4) is 0 Å². The van der Waals surface area contributed by atoms with Crippen molar-refractivity contribution in [2.75, 3.05) is 5.32 Å². The van der Waals surface area contributed by atoms with Gasteiger partial charge in [-0.05, 0) is 30.7 Å². The van der Waals surface area contributed by atoms with Gasteiger partial charge in [0, 0.05) is 16.3 Å². The molecule has 0 atom stereocenters. The molecule has 4 heteroatoms. The molecule has 0 unspecified atom stereocenters. The number of rotatable bonds is 4. The summed E-state index contributed by atoms with van der Waals surface area (Å²) in [6, 6.07) is 9.93. The Bertz CT molecular complexity index is 508. The third-order valence-electron chi connectivity index (χ3n) is 2.47. The van der Waals surface area contributed by atoms with Crippen LogP contribution in [0, 0.1) is 0 Å². The maximum atomic E-state index is 6.10. The summed E-state index contributed by atoms with van der Waals surface area (Å²) in [7, 11) is 0. The van der Waals surface area contributed by atoms with Crippen LogP contribution in [0.25, 0.3) is 0 Å². The molecule has 0 aliphatic rings. The van der Waals surface area contributed by atoms with Gasteiger partial charge in [-0.15, -0.1) is 11.3 Å². The molecule has 17 heavy (non-hydrogen) atoms. The summed E-state index contributed by atoms with van der Waals surface area (Å²) in [6.07, 6.45) is 1.09. The van der Waals surface area contributed by atoms with Crippen LogP contribution < -0.4 is 5.32 Å². The van der Waals surface area contributed by atoms with Crippen LogP contribution in [-0.4, -0.2) is 0 Å². The number of aryl methyl sites for hydroxylation is 1. The van der Waals surface area contributed by atoms with Crippen molar-refractivity contribution in [1.29, 1.82) is 0 Å². The Morgan fingerprint density at radius 1 is 1.12 bits per heavy atom. The van der Waals surface area contributed by atoms with E-state index >= 15 is 0 Å². The zero-order valence-corrected chi connectivity index (χ0v) is 11.8. The first-order chi connectivity index (χ1) is 8.20. The second-order valence-electron chi connectivity index (χ2n) is 3.68. The lowest BCUT2D eigenvalue weighted by molar-refractivity contribution is 1.19. The van der Waals surface area contributed by atoms with Crippen molar-refractivity contribution in [3.05, 3.63) is 50.1 Å². The second-order valence-corrected chi connectivity index (χ2v) is 5.71. The second kappa shape index (κ2) is 5.76. The third-order valence-corrected chi connectivity index (χ3v) is 4.52. The van der Waals surface area contributed by atoms with Gasteiger partial charge >= 0.3 is 0 Å². The molecular weight excluding hydrogens is 273 g/mol. The molecule has 1 N–H and O–H groups in total. The van der Waals surface area contributed by atoms with Crippen LogP contribution in [0.1, 0.15) is 16.7 Å². The van der Waals surface area contributed by atoms with Crippen molar-refractivity contribution in [3.63, 3.8) is 0 Å². The zero-order valence-electron chi connectivity index (χ0n) is 9.47. The smallest absolute Gasteiger partial charge is 0.0823 e. The number of hydrogen-bond donors (Lipinski definition) is 1. The normalized spacial score (nSPS) is 10.5. The molecule has 0 spiro atoms. The van der Waals surface area contributed by atoms with Crippen LogP contribution in [0.2, 0.25) is 10.0 Å². The number of halogens is 2. The summed E-state index contributed by atoms with van der Waals surface area (Å²) in [5, 5.41) is 4.47. The van der Waals surface area contributed by atoms with Crippen molar-refractivity contribution in [2.45, 2.75) is 19.9 Å². The van der Waals surface area contributed by atoms with Crippen molar-refractivity contribution >= 4 is 40.2 Å². The quantitative estimate of drug-likeness (QED) is 0.811. The lowest BCUT2D eigenvalue weighted by Gasteiger charge is -2.07. The summed E-state index contributed by atoms with van der Waals surface area (Å²) in [4.78, 5) is 2.71. The minimum Gasteiger partial charge on any atom is -0.379 e. The Balaban J connectivity index is 2.04. The van der Waals surface area contributed by atoms with Crippen LogP contribution in [0.5, 0.6) is 0 Å². The molecule has 90 valence electrons. The van der Waals surface area contributed by atoms with E-state index in [1.807, 2.05) is 23.5 Å². The molecule has 0 radical (unpaired) electrons. The number of thiophene rings is 1. The van der Waals surface area contributed by atoms with E-state index in [0.717, 1.165) is 18.7 Å². The lowest BCUT2D eigenvalue weighted by Crippen LogP contribution is -1.97. The monoisotopic (exact) mass is 285 g/mol. The van der Waals surface area contributed by atoms with Crippen LogP contribution in [0.15, 0.2) is 30.3 Å². The van der Waals surface area contributed by atoms with Gasteiger partial charge in [0.15, 0.2) is 0 Å². The highest BCUT2D eigenvalue weighted by molar-refractivity contribution is 7.12. The van der Waals surface area contributed by atoms with Gasteiger partial charge in [0.2, 0.25) is 0 Å². The predicted molar refractivity (Wildman–Crippen MR) is 77.5 cm³/mol. The van der Waals surface area contributed by atoms with E-state index in [9.17, 15) is 0 Å². The first kappa shape index (κ1) is 12.7. The molecule has 2 aromatic rings. The van der Waals surface area contributed by atoms with E-state index in [-0.39, 0.29) is 0 Å². The number of hydrogen-bond acceptors (Lipinski definition) is 2. The molecule has 0 amide bonds. The van der Waals surface area contributed by atoms with Crippen molar-refractivity contribution in [2.24, 2.45) is 0 Å². The van der Waals surface area contributed by atoms with Gasteiger partial charge in [0.1, 0.15) is 0 Å². The summed E-state index contributed by atoms with van der Waals surface area (Å²) in [5.41, 5.74) is 0.880. The average Bonchev–Trinajstić information content (AvgIpc) is 2.79. The van der Waals surface area contributed by atoms with Gasteiger partial charge in [-0.25, -0.2) is 0 Å². The minimum absolute atomic E-state index is 0.581. The van der Waals surface area contributed by atoms with Gasteiger partial charge < -0.3 is 5.32 Å². The zero-order chi connectivity index (χ0) is 12.3. The van der Waals surface area contributed by atoms with Crippen LogP contribution >= 0.6 is 34.5 Å². The van der Waals surface area contributed by atoms with E-state index in [1.54, 1.807) is 6.07 Å². The van der Waals surface area contributed by atoms with Crippen molar-refractivity contribution < 1.29 is 0 Å². The highest BCUT2D eigenvalue weighted by atomic mass is 35.5. The Hall–Kier alpha value is -0.700. The highest BCUT2D eigenvalue weighted by Gasteiger charge is 2.04. The molecule has 2 rings (SSSR count). The average molecular weight is 286 g/mol. The van der Waals surface area contributed by atoms with Crippen LogP contribution in [0.4, 0.5) is 5.69 Å². The van der Waals surface area contributed by atoms with Crippen molar-refractivity contribution in [3.8, 4) is 0 Å². The number of benzene rings is 1. The maximum Gasteiger partial charge on any atom is 0.0823 e. The van der Waals surface area contributed by atoms with Gasteiger partial charge in [-0.1, -0.05) is 36.2 Å². The molecule has 1 aromatic carbocycles. The largest absolute Gasteiger partial charge is 0.379 e. The molecule has 0 saturated carbocycles. The molecular formula is C13H13Cl2NS. The van der Waals surface area contributed by atoms with E-state index in [1.165, 1.54) is 9.75 Å². The molecule has 0 saturated heterocycles. The third kappa shape index (κ3) is 3.15. The first-order valence-electron chi connectivity index (χ1n) is 5.46. The maximum absolute atomic E-state index is 6.10. The van der Waals surface area contributed by atoms with Gasteiger partial charge in [-0.3, -0.25) is 0 Å². The number of nitrogens with one attached hydrogen (secondary N) is 1. The molecule has 1 heterocycles. The van der Waals surface area contributed by atoms with Gasteiger partial charge in [0.25, 0.3) is 0 Å². The fourth-order valence-corrected chi connectivity index (χ4v) is 2.79. The van der Waals surface area contributed by atoms with Crippen LogP contribution in [-0.2, 0) is 13.0 Å². The van der Waals surface area contributed by atoms with Gasteiger partial charge in [-0.2, -0.15) is 0 Å². The summed E-state index contributed by atoms with van der Waals surface area (Å²) in [5.74, 6) is 0. The van der Waals surface area contributed by atoms with Crippen molar-refractivity contribution in [1.82, 2.24) is 0 Å². The van der Waals surface area contributed by atoms with E-state index in [0.29, 0.717) is 10.0 Å². The molecule has 1 aromatic heterocycles. The topological polar surface area (TPSA) is 12.0 Å². The SMILES string of the molecule is CCc1ccc(CNc2cccc(Cl)c2Cl)s1. The predicted octanol–water partition coefficient (Wildman–Crippen LogP) is 5.23. The van der Waals surface area contributed by atoms with Gasteiger partial charge in [0.05, 0.1) is 15.7 Å². The summed E-state index contributed by atoms with van der Waals surface area (Å²) in [6.45, 7) is 2.95. The first-order valence-corrected chi connectivity index (χ1v) is 7.03. The number of anilines is 1. The summed E-state index contributed by atoms with van der Waals surface area (Å²) >= 11 is 13.9. The molecule has 0 fully saturated rings. The van der Waals surface area contributed by atoms with E-state index < -0.39 is 0 Å². The van der Waals surface area contributed by atoms with E-state index in [2.05, 4.69) is 24.4 Å². The molecule has 0 bridgehead atoms. The highest BCUT2D eigenvalue weighted by Crippen LogP contribution is 2.30. The fourth-order valence-electron chi connectivity index (χ4n) is 1.53. The molecule has 0 aliphatic carbocycles.